The highest BCUT2D eigenvalue weighted by molar-refractivity contribution is 7.26. The Morgan fingerprint density at radius 1 is 0.296 bits per heavy atom. The third-order valence-corrected chi connectivity index (χ3v) is 15.6. The summed E-state index contributed by atoms with van der Waals surface area (Å²) >= 11 is 1.89. The van der Waals surface area contributed by atoms with E-state index in [9.17, 15) is 0 Å². The van der Waals surface area contributed by atoms with Crippen molar-refractivity contribution in [3.05, 3.63) is 267 Å². The Bertz CT molecular complexity index is 4280. The van der Waals surface area contributed by atoms with Gasteiger partial charge in [0.2, 0.25) is 0 Å². The largest absolute Gasteiger partial charge is 0.310 e. The van der Waals surface area contributed by atoms with Crippen LogP contribution in [0.25, 0.3) is 114 Å². The molecule has 0 saturated heterocycles. The normalized spacial score (nSPS) is 11.7. The lowest BCUT2D eigenvalue weighted by atomic mass is 9.95. The molecule has 71 heavy (non-hydrogen) atoms. The average Bonchev–Trinajstić information content (AvgIpc) is 4.00. The number of para-hydroxylation sites is 2. The molecule has 332 valence electrons. The molecular formula is C68H44N2S. The smallest absolute Gasteiger partial charge is 0.0541 e. The summed E-state index contributed by atoms with van der Waals surface area (Å²) in [4.78, 5) is 2.43. The van der Waals surface area contributed by atoms with E-state index in [4.69, 9.17) is 0 Å². The van der Waals surface area contributed by atoms with E-state index in [0.29, 0.717) is 0 Å². The minimum absolute atomic E-state index is 1.08. The van der Waals surface area contributed by atoms with Crippen LogP contribution in [-0.2, 0) is 0 Å². The molecule has 0 aliphatic carbocycles. The predicted molar refractivity (Wildman–Crippen MR) is 305 cm³/mol. The number of hydrogen-bond acceptors (Lipinski definition) is 2. The summed E-state index contributed by atoms with van der Waals surface area (Å²) in [7, 11) is 0. The van der Waals surface area contributed by atoms with Gasteiger partial charge in [0.15, 0.2) is 0 Å². The van der Waals surface area contributed by atoms with Crippen LogP contribution in [0.2, 0.25) is 0 Å². The molecule has 0 radical (unpaired) electrons. The highest BCUT2D eigenvalue weighted by Crippen LogP contribution is 2.45. The maximum absolute atomic E-state index is 2.43. The molecule has 0 unspecified atom stereocenters. The second-order valence-corrected chi connectivity index (χ2v) is 19.5. The van der Waals surface area contributed by atoms with Gasteiger partial charge in [-0.05, 0) is 133 Å². The van der Waals surface area contributed by atoms with Crippen LogP contribution in [-0.4, -0.2) is 4.57 Å². The molecule has 3 heteroatoms. The SMILES string of the molecule is c1ccc(-c2cc(-c3ccc4ccccc4c3)ccc2N(c2ccc(-c3cccc(-n4c5ccccc5c5ccccc54)c3)cc2)c2ccc(-c3ccc4c(c3)sc3c5ccccc5ccc43)cc2)cc1. The first-order valence-electron chi connectivity index (χ1n) is 24.3. The van der Waals surface area contributed by atoms with E-state index in [1.807, 2.05) is 11.3 Å². The third-order valence-electron chi connectivity index (χ3n) is 14.4. The monoisotopic (exact) mass is 920 g/mol. The minimum Gasteiger partial charge on any atom is -0.310 e. The lowest BCUT2D eigenvalue weighted by Crippen LogP contribution is -2.11. The highest BCUT2D eigenvalue weighted by Gasteiger charge is 2.20. The van der Waals surface area contributed by atoms with E-state index >= 15 is 0 Å². The van der Waals surface area contributed by atoms with Crippen molar-refractivity contribution in [2.45, 2.75) is 0 Å². The molecule has 0 aliphatic heterocycles. The van der Waals surface area contributed by atoms with Crippen LogP contribution in [0.5, 0.6) is 0 Å². The molecule has 0 aliphatic rings. The van der Waals surface area contributed by atoms with Crippen molar-refractivity contribution >= 4 is 91.9 Å². The van der Waals surface area contributed by atoms with Crippen LogP contribution in [0, 0.1) is 0 Å². The second kappa shape index (κ2) is 16.9. The van der Waals surface area contributed by atoms with Crippen molar-refractivity contribution in [2.75, 3.05) is 4.90 Å². The average molecular weight is 921 g/mol. The Hall–Kier alpha value is -9.02. The van der Waals surface area contributed by atoms with Crippen LogP contribution in [0.3, 0.4) is 0 Å². The Morgan fingerprint density at radius 3 is 1.55 bits per heavy atom. The summed E-state index contributed by atoms with van der Waals surface area (Å²) in [5.74, 6) is 0. The van der Waals surface area contributed by atoms with Crippen LogP contribution >= 0.6 is 11.3 Å². The van der Waals surface area contributed by atoms with Gasteiger partial charge < -0.3 is 9.47 Å². The summed E-state index contributed by atoms with van der Waals surface area (Å²) in [5.41, 5.74) is 16.2. The van der Waals surface area contributed by atoms with E-state index in [1.54, 1.807) is 0 Å². The minimum atomic E-state index is 1.08. The van der Waals surface area contributed by atoms with Gasteiger partial charge in [-0.1, -0.05) is 194 Å². The Kier molecular flexibility index (Phi) is 9.75. The van der Waals surface area contributed by atoms with Crippen LogP contribution in [0.4, 0.5) is 17.1 Å². The summed E-state index contributed by atoms with van der Waals surface area (Å²) in [6.07, 6.45) is 0. The lowest BCUT2D eigenvalue weighted by Gasteiger charge is -2.29. The molecule has 2 heterocycles. The van der Waals surface area contributed by atoms with Gasteiger partial charge in [-0.3, -0.25) is 0 Å². The number of thiophene rings is 1. The number of anilines is 3. The molecule has 12 aromatic carbocycles. The van der Waals surface area contributed by atoms with Gasteiger partial charge in [0.05, 0.1) is 16.7 Å². The molecule has 0 bridgehead atoms. The van der Waals surface area contributed by atoms with Crippen LogP contribution < -0.4 is 4.90 Å². The standard InChI is InChI=1S/C68H44N2S/c1-2-14-48(15-3-1)63-43-53(52-26-25-45-13-4-5-17-50(45)41-52)33-40-66(63)69(56-36-29-47(30-37-56)54-32-38-61-62-39-31-49-16-6-7-20-58(49)68(62)71-67(61)44-54)55-34-27-46(28-35-55)51-18-12-19-57(42-51)70-64-23-10-8-21-59(64)60-22-9-11-24-65(60)70/h1-44H. The fourth-order valence-corrected chi connectivity index (χ4v) is 12.1. The molecule has 0 amide bonds. The fraction of sp³-hybridized carbons (Fsp3) is 0. The maximum Gasteiger partial charge on any atom is 0.0541 e. The van der Waals surface area contributed by atoms with Gasteiger partial charge in [0, 0.05) is 53.6 Å². The zero-order valence-corrected chi connectivity index (χ0v) is 39.5. The van der Waals surface area contributed by atoms with E-state index in [1.165, 1.54) is 91.3 Å². The highest BCUT2D eigenvalue weighted by atomic mass is 32.1. The van der Waals surface area contributed by atoms with Crippen molar-refractivity contribution in [2.24, 2.45) is 0 Å². The van der Waals surface area contributed by atoms with E-state index in [0.717, 1.165) is 39.4 Å². The van der Waals surface area contributed by atoms with Crippen LogP contribution in [0.1, 0.15) is 0 Å². The number of rotatable bonds is 8. The van der Waals surface area contributed by atoms with Gasteiger partial charge in [-0.15, -0.1) is 11.3 Å². The molecule has 14 aromatic rings. The molecule has 0 saturated carbocycles. The molecule has 2 nitrogen and oxygen atoms in total. The molecule has 0 N–H and O–H groups in total. The Labute approximate surface area is 416 Å². The summed E-state index contributed by atoms with van der Waals surface area (Å²) in [6, 6.07) is 98.0. The number of nitrogens with zero attached hydrogens (tertiary/aromatic N) is 2. The van der Waals surface area contributed by atoms with E-state index in [2.05, 4.69) is 276 Å². The van der Waals surface area contributed by atoms with Crippen molar-refractivity contribution in [1.29, 1.82) is 0 Å². The Balaban J connectivity index is 0.885. The molecule has 0 atom stereocenters. The summed E-state index contributed by atoms with van der Waals surface area (Å²) < 4.78 is 5.05. The second-order valence-electron chi connectivity index (χ2n) is 18.5. The summed E-state index contributed by atoms with van der Waals surface area (Å²) in [6.45, 7) is 0. The molecule has 0 fully saturated rings. The van der Waals surface area contributed by atoms with Crippen molar-refractivity contribution < 1.29 is 0 Å². The number of benzene rings is 12. The quantitative estimate of drug-likeness (QED) is 0.147. The zero-order valence-electron chi connectivity index (χ0n) is 38.7. The molecule has 2 aromatic heterocycles. The molecule has 0 spiro atoms. The van der Waals surface area contributed by atoms with E-state index in [-0.39, 0.29) is 0 Å². The first-order chi connectivity index (χ1) is 35.2. The number of aromatic nitrogens is 1. The fourth-order valence-electron chi connectivity index (χ4n) is 10.9. The topological polar surface area (TPSA) is 8.17 Å². The predicted octanol–water partition coefficient (Wildman–Crippen LogP) is 19.6. The lowest BCUT2D eigenvalue weighted by molar-refractivity contribution is 1.18. The third kappa shape index (κ3) is 7.09. The number of fused-ring (bicyclic) bond motifs is 9. The molecular weight excluding hydrogens is 877 g/mol. The van der Waals surface area contributed by atoms with Gasteiger partial charge in [0.1, 0.15) is 0 Å². The Morgan fingerprint density at radius 2 is 0.817 bits per heavy atom. The van der Waals surface area contributed by atoms with E-state index < -0.39 is 0 Å². The van der Waals surface area contributed by atoms with Crippen LogP contribution in [0.15, 0.2) is 267 Å². The molecule has 14 rings (SSSR count). The summed E-state index contributed by atoms with van der Waals surface area (Å²) in [5, 5.41) is 10.2. The van der Waals surface area contributed by atoms with Crippen molar-refractivity contribution in [3.63, 3.8) is 0 Å². The van der Waals surface area contributed by atoms with Gasteiger partial charge >= 0.3 is 0 Å². The van der Waals surface area contributed by atoms with Crippen molar-refractivity contribution in [1.82, 2.24) is 4.57 Å². The van der Waals surface area contributed by atoms with Crippen molar-refractivity contribution in [3.8, 4) is 50.2 Å². The number of hydrogen-bond donors (Lipinski definition) is 0. The van der Waals surface area contributed by atoms with Gasteiger partial charge in [0.25, 0.3) is 0 Å². The first kappa shape index (κ1) is 41.0. The first-order valence-corrected chi connectivity index (χ1v) is 25.1. The van der Waals surface area contributed by atoms with Gasteiger partial charge in [-0.25, -0.2) is 0 Å². The maximum atomic E-state index is 2.43. The zero-order chi connectivity index (χ0) is 46.8. The van der Waals surface area contributed by atoms with Gasteiger partial charge in [-0.2, -0.15) is 0 Å².